The van der Waals surface area contributed by atoms with Gasteiger partial charge in [0.2, 0.25) is 0 Å². The van der Waals surface area contributed by atoms with Crippen LogP contribution in [0.2, 0.25) is 0 Å². The molecule has 1 aromatic heterocycles. The number of para-hydroxylation sites is 2. The second-order valence-electron chi connectivity index (χ2n) is 11.7. The van der Waals surface area contributed by atoms with Gasteiger partial charge < -0.3 is 9.32 Å². The Morgan fingerprint density at radius 1 is 0.348 bits per heavy atom. The number of fused-ring (bicyclic) bond motifs is 5. The van der Waals surface area contributed by atoms with E-state index in [1.165, 1.54) is 32.7 Å². The van der Waals surface area contributed by atoms with Crippen molar-refractivity contribution in [1.82, 2.24) is 0 Å². The molecule has 2 nitrogen and oxygen atoms in total. The predicted molar refractivity (Wildman–Crippen MR) is 194 cm³/mol. The summed E-state index contributed by atoms with van der Waals surface area (Å²) in [6.45, 7) is 0. The van der Waals surface area contributed by atoms with E-state index in [0.717, 1.165) is 50.1 Å². The normalized spacial score (nSPS) is 11.5. The molecule has 0 spiro atoms. The van der Waals surface area contributed by atoms with E-state index in [1.807, 2.05) is 12.1 Å². The summed E-state index contributed by atoms with van der Waals surface area (Å²) in [5.74, 6) is 0. The second-order valence-corrected chi connectivity index (χ2v) is 11.7. The van der Waals surface area contributed by atoms with Crippen molar-refractivity contribution in [2.45, 2.75) is 0 Å². The van der Waals surface area contributed by atoms with Gasteiger partial charge in [-0.15, -0.1) is 0 Å². The SMILES string of the molecule is c1cc(-c2cccc3ccccc23)cc(N(c2ccccc2-c2ccc3oc4ccccc4c3c2)c2cccc3ccccc23)c1. The molecule has 0 unspecified atom stereocenters. The number of hydrogen-bond acceptors (Lipinski definition) is 2. The highest BCUT2D eigenvalue weighted by molar-refractivity contribution is 6.07. The fraction of sp³-hybridized carbons (Fsp3) is 0. The van der Waals surface area contributed by atoms with Crippen molar-refractivity contribution in [2.75, 3.05) is 4.90 Å². The molecule has 9 aromatic rings. The Morgan fingerprint density at radius 3 is 1.83 bits per heavy atom. The third-order valence-electron chi connectivity index (χ3n) is 9.05. The summed E-state index contributed by atoms with van der Waals surface area (Å²) in [5.41, 5.74) is 9.86. The van der Waals surface area contributed by atoms with Crippen LogP contribution in [-0.4, -0.2) is 0 Å². The molecule has 0 radical (unpaired) electrons. The zero-order valence-electron chi connectivity index (χ0n) is 25.1. The maximum Gasteiger partial charge on any atom is 0.135 e. The standard InChI is InChI=1S/C44H29NO/c1-3-18-35-30(12-1)14-10-22-36(35)32-16-9-17-34(28-32)45(42-24-11-15-31-13-2-4-19-37(31)42)41-23-7-5-20-38(41)33-26-27-44-40(29-33)39-21-6-8-25-43(39)46-44/h1-29H. The highest BCUT2D eigenvalue weighted by Gasteiger charge is 2.20. The molecule has 9 rings (SSSR count). The number of furan rings is 1. The summed E-state index contributed by atoms with van der Waals surface area (Å²) >= 11 is 0. The summed E-state index contributed by atoms with van der Waals surface area (Å²) in [7, 11) is 0. The topological polar surface area (TPSA) is 16.4 Å². The van der Waals surface area contributed by atoms with Crippen LogP contribution in [0.5, 0.6) is 0 Å². The van der Waals surface area contributed by atoms with Crippen molar-refractivity contribution in [3.63, 3.8) is 0 Å². The van der Waals surface area contributed by atoms with E-state index in [1.54, 1.807) is 0 Å². The summed E-state index contributed by atoms with van der Waals surface area (Å²) in [5, 5.41) is 7.15. The van der Waals surface area contributed by atoms with Crippen LogP contribution < -0.4 is 4.90 Å². The van der Waals surface area contributed by atoms with Crippen LogP contribution in [0.4, 0.5) is 17.1 Å². The largest absolute Gasteiger partial charge is 0.456 e. The van der Waals surface area contributed by atoms with Gasteiger partial charge in [-0.05, 0) is 75.3 Å². The minimum absolute atomic E-state index is 0.899. The molecular weight excluding hydrogens is 558 g/mol. The van der Waals surface area contributed by atoms with Gasteiger partial charge in [-0.3, -0.25) is 0 Å². The Bertz CT molecular complexity index is 2550. The Hall–Kier alpha value is -6.12. The average Bonchev–Trinajstić information content (AvgIpc) is 3.50. The van der Waals surface area contributed by atoms with E-state index >= 15 is 0 Å². The van der Waals surface area contributed by atoms with Crippen LogP contribution in [0.15, 0.2) is 180 Å². The maximum absolute atomic E-state index is 6.18. The monoisotopic (exact) mass is 587 g/mol. The Labute approximate surface area is 267 Å². The molecule has 0 aliphatic heterocycles. The molecule has 0 aliphatic rings. The van der Waals surface area contributed by atoms with Gasteiger partial charge in [-0.25, -0.2) is 0 Å². The zero-order valence-corrected chi connectivity index (χ0v) is 25.1. The molecule has 2 heteroatoms. The van der Waals surface area contributed by atoms with Crippen LogP contribution in [0.3, 0.4) is 0 Å². The average molecular weight is 588 g/mol. The summed E-state index contributed by atoms with van der Waals surface area (Å²) < 4.78 is 6.18. The maximum atomic E-state index is 6.18. The highest BCUT2D eigenvalue weighted by atomic mass is 16.3. The molecule has 0 amide bonds. The Kier molecular flexibility index (Phi) is 6.17. The summed E-state index contributed by atoms with van der Waals surface area (Å²) in [4.78, 5) is 2.42. The van der Waals surface area contributed by atoms with Crippen molar-refractivity contribution in [2.24, 2.45) is 0 Å². The third kappa shape index (κ3) is 4.35. The van der Waals surface area contributed by atoms with Crippen LogP contribution in [0.1, 0.15) is 0 Å². The lowest BCUT2D eigenvalue weighted by Crippen LogP contribution is -2.12. The van der Waals surface area contributed by atoms with Crippen molar-refractivity contribution in [1.29, 1.82) is 0 Å². The highest BCUT2D eigenvalue weighted by Crippen LogP contribution is 2.45. The van der Waals surface area contributed by atoms with E-state index in [-0.39, 0.29) is 0 Å². The lowest BCUT2D eigenvalue weighted by molar-refractivity contribution is 0.669. The third-order valence-corrected chi connectivity index (χ3v) is 9.05. The molecule has 0 fully saturated rings. The van der Waals surface area contributed by atoms with E-state index < -0.39 is 0 Å². The second kappa shape index (κ2) is 10.8. The van der Waals surface area contributed by atoms with Crippen molar-refractivity contribution >= 4 is 60.5 Å². The fourth-order valence-corrected chi connectivity index (χ4v) is 6.91. The Balaban J connectivity index is 1.29. The number of anilines is 3. The molecule has 216 valence electrons. The molecule has 0 bridgehead atoms. The molecular formula is C44H29NO. The quantitative estimate of drug-likeness (QED) is 0.199. The first-order valence-corrected chi connectivity index (χ1v) is 15.7. The fourth-order valence-electron chi connectivity index (χ4n) is 6.91. The van der Waals surface area contributed by atoms with Gasteiger partial charge in [0.15, 0.2) is 0 Å². The lowest BCUT2D eigenvalue weighted by atomic mass is 9.96. The number of nitrogens with zero attached hydrogens (tertiary/aromatic N) is 1. The lowest BCUT2D eigenvalue weighted by Gasteiger charge is -2.29. The molecule has 0 N–H and O–H groups in total. The van der Waals surface area contributed by atoms with E-state index in [9.17, 15) is 0 Å². The van der Waals surface area contributed by atoms with Crippen LogP contribution in [0.25, 0.3) is 65.7 Å². The van der Waals surface area contributed by atoms with Crippen LogP contribution in [0, 0.1) is 0 Å². The first kappa shape index (κ1) is 26.3. The van der Waals surface area contributed by atoms with Gasteiger partial charge >= 0.3 is 0 Å². The minimum atomic E-state index is 0.899. The molecule has 0 atom stereocenters. The van der Waals surface area contributed by atoms with Gasteiger partial charge in [0, 0.05) is 27.4 Å². The zero-order chi connectivity index (χ0) is 30.5. The van der Waals surface area contributed by atoms with Crippen molar-refractivity contribution in [3.8, 4) is 22.3 Å². The molecule has 0 saturated heterocycles. The first-order chi connectivity index (χ1) is 22.8. The molecule has 0 saturated carbocycles. The molecule has 46 heavy (non-hydrogen) atoms. The van der Waals surface area contributed by atoms with Gasteiger partial charge in [0.1, 0.15) is 11.2 Å². The number of benzene rings is 8. The van der Waals surface area contributed by atoms with Crippen LogP contribution >= 0.6 is 0 Å². The first-order valence-electron chi connectivity index (χ1n) is 15.7. The van der Waals surface area contributed by atoms with Crippen molar-refractivity contribution < 1.29 is 4.42 Å². The van der Waals surface area contributed by atoms with Gasteiger partial charge in [-0.1, -0.05) is 133 Å². The summed E-state index contributed by atoms with van der Waals surface area (Å²) in [6, 6.07) is 62.9. The van der Waals surface area contributed by atoms with E-state index in [2.05, 4.69) is 169 Å². The molecule has 1 heterocycles. The van der Waals surface area contributed by atoms with E-state index in [4.69, 9.17) is 4.42 Å². The minimum Gasteiger partial charge on any atom is -0.456 e. The predicted octanol–water partition coefficient (Wildman–Crippen LogP) is 12.7. The number of rotatable bonds is 5. The Morgan fingerprint density at radius 2 is 0.935 bits per heavy atom. The van der Waals surface area contributed by atoms with E-state index in [0.29, 0.717) is 0 Å². The van der Waals surface area contributed by atoms with Gasteiger partial charge in [0.25, 0.3) is 0 Å². The summed E-state index contributed by atoms with van der Waals surface area (Å²) in [6.07, 6.45) is 0. The number of hydrogen-bond donors (Lipinski definition) is 0. The van der Waals surface area contributed by atoms with Gasteiger partial charge in [0.05, 0.1) is 11.4 Å². The van der Waals surface area contributed by atoms with Crippen LogP contribution in [-0.2, 0) is 0 Å². The smallest absolute Gasteiger partial charge is 0.135 e. The molecule has 8 aromatic carbocycles. The van der Waals surface area contributed by atoms with Gasteiger partial charge in [-0.2, -0.15) is 0 Å². The molecule has 0 aliphatic carbocycles. The van der Waals surface area contributed by atoms with Crippen molar-refractivity contribution in [3.05, 3.63) is 176 Å².